The molecule has 0 aromatic carbocycles. The van der Waals surface area contributed by atoms with E-state index in [-0.39, 0.29) is 11.5 Å². The van der Waals surface area contributed by atoms with Crippen molar-refractivity contribution < 1.29 is 19.4 Å². The Balaban J connectivity index is 2.19. The number of carboxylic acids is 1. The van der Waals surface area contributed by atoms with Gasteiger partial charge < -0.3 is 19.7 Å². The SMILES string of the molecule is COCCn1cccc1C(=O)Nc1sc(C)cc1C(=O)O. The molecule has 0 radical (unpaired) electrons. The van der Waals surface area contributed by atoms with Crippen LogP contribution in [0.15, 0.2) is 24.4 Å². The molecular weight excluding hydrogens is 292 g/mol. The number of hydrogen-bond donors (Lipinski definition) is 2. The van der Waals surface area contributed by atoms with Gasteiger partial charge in [0.1, 0.15) is 10.7 Å². The van der Waals surface area contributed by atoms with Gasteiger partial charge in [-0.05, 0) is 25.1 Å². The van der Waals surface area contributed by atoms with E-state index < -0.39 is 5.97 Å². The molecule has 2 aromatic heterocycles. The van der Waals surface area contributed by atoms with Crippen molar-refractivity contribution in [2.75, 3.05) is 19.0 Å². The molecule has 0 unspecified atom stereocenters. The lowest BCUT2D eigenvalue weighted by Gasteiger charge is -2.09. The van der Waals surface area contributed by atoms with Gasteiger partial charge in [-0.15, -0.1) is 11.3 Å². The van der Waals surface area contributed by atoms with Gasteiger partial charge in [-0.25, -0.2) is 4.79 Å². The summed E-state index contributed by atoms with van der Waals surface area (Å²) in [6.07, 6.45) is 1.78. The summed E-state index contributed by atoms with van der Waals surface area (Å²) in [5.41, 5.74) is 0.579. The second-order valence-corrected chi connectivity index (χ2v) is 5.70. The molecule has 0 bridgehead atoms. The van der Waals surface area contributed by atoms with E-state index >= 15 is 0 Å². The number of rotatable bonds is 6. The van der Waals surface area contributed by atoms with E-state index in [0.29, 0.717) is 23.8 Å². The summed E-state index contributed by atoms with van der Waals surface area (Å²) in [6, 6.07) is 5.00. The van der Waals surface area contributed by atoms with Crippen LogP contribution < -0.4 is 5.32 Å². The number of aromatic carboxylic acids is 1. The third-order valence-corrected chi connectivity index (χ3v) is 3.88. The normalized spacial score (nSPS) is 10.6. The Morgan fingerprint density at radius 2 is 2.24 bits per heavy atom. The lowest BCUT2D eigenvalue weighted by Crippen LogP contribution is -2.18. The number of anilines is 1. The van der Waals surface area contributed by atoms with Gasteiger partial charge in [-0.3, -0.25) is 4.79 Å². The van der Waals surface area contributed by atoms with Gasteiger partial charge in [-0.1, -0.05) is 0 Å². The highest BCUT2D eigenvalue weighted by atomic mass is 32.1. The van der Waals surface area contributed by atoms with Gasteiger partial charge >= 0.3 is 5.97 Å². The lowest BCUT2D eigenvalue weighted by atomic mass is 10.3. The number of aryl methyl sites for hydroxylation is 1. The fraction of sp³-hybridized carbons (Fsp3) is 0.286. The Hall–Kier alpha value is -2.12. The van der Waals surface area contributed by atoms with E-state index in [4.69, 9.17) is 9.84 Å². The summed E-state index contributed by atoms with van der Waals surface area (Å²) in [5.74, 6) is -1.38. The number of amides is 1. The molecule has 7 heteroatoms. The molecule has 2 N–H and O–H groups in total. The molecule has 0 atom stereocenters. The summed E-state index contributed by atoms with van der Waals surface area (Å²) in [6.45, 7) is 2.85. The molecular formula is C14H16N2O4S. The van der Waals surface area contributed by atoms with Crippen molar-refractivity contribution in [1.82, 2.24) is 4.57 Å². The van der Waals surface area contributed by atoms with Gasteiger partial charge in [0, 0.05) is 24.7 Å². The molecule has 0 saturated heterocycles. The summed E-state index contributed by atoms with van der Waals surface area (Å²) in [5, 5.41) is 12.1. The number of nitrogens with zero attached hydrogens (tertiary/aromatic N) is 1. The zero-order valence-corrected chi connectivity index (χ0v) is 12.6. The number of carbonyl (C=O) groups excluding carboxylic acids is 1. The monoisotopic (exact) mass is 308 g/mol. The van der Waals surface area contributed by atoms with E-state index in [1.165, 1.54) is 11.3 Å². The molecule has 21 heavy (non-hydrogen) atoms. The lowest BCUT2D eigenvalue weighted by molar-refractivity contribution is 0.0698. The molecule has 0 aliphatic heterocycles. The third kappa shape index (κ3) is 3.50. The number of thiophene rings is 1. The highest BCUT2D eigenvalue weighted by Crippen LogP contribution is 2.28. The van der Waals surface area contributed by atoms with Crippen molar-refractivity contribution in [1.29, 1.82) is 0 Å². The second-order valence-electron chi connectivity index (χ2n) is 4.44. The van der Waals surface area contributed by atoms with Crippen LogP contribution in [0.2, 0.25) is 0 Å². The molecule has 0 spiro atoms. The Labute approximate surface area is 126 Å². The van der Waals surface area contributed by atoms with Crippen molar-refractivity contribution >= 4 is 28.2 Å². The van der Waals surface area contributed by atoms with Crippen LogP contribution in [0.5, 0.6) is 0 Å². The Morgan fingerprint density at radius 3 is 2.90 bits per heavy atom. The summed E-state index contributed by atoms with van der Waals surface area (Å²) < 4.78 is 6.76. The van der Waals surface area contributed by atoms with Crippen LogP contribution in [-0.2, 0) is 11.3 Å². The van der Waals surface area contributed by atoms with E-state index in [0.717, 1.165) is 4.88 Å². The van der Waals surface area contributed by atoms with Crippen LogP contribution in [0, 0.1) is 6.92 Å². The maximum atomic E-state index is 12.3. The fourth-order valence-corrected chi connectivity index (χ4v) is 2.84. The fourth-order valence-electron chi connectivity index (χ4n) is 1.94. The van der Waals surface area contributed by atoms with E-state index in [1.54, 1.807) is 43.0 Å². The average molecular weight is 308 g/mol. The standard InChI is InChI=1S/C14H16N2O4S/c1-9-8-10(14(18)19)13(21-9)15-12(17)11-4-3-5-16(11)6-7-20-2/h3-5,8H,6-7H2,1-2H3,(H,15,17)(H,18,19). The zero-order valence-electron chi connectivity index (χ0n) is 11.8. The topological polar surface area (TPSA) is 80.6 Å². The van der Waals surface area contributed by atoms with Crippen LogP contribution in [0.4, 0.5) is 5.00 Å². The molecule has 2 rings (SSSR count). The van der Waals surface area contributed by atoms with E-state index in [2.05, 4.69) is 5.32 Å². The first-order valence-electron chi connectivity index (χ1n) is 6.32. The summed E-state index contributed by atoms with van der Waals surface area (Å²) in [4.78, 5) is 24.3. The minimum atomic E-state index is -1.05. The van der Waals surface area contributed by atoms with Crippen molar-refractivity contribution in [2.45, 2.75) is 13.5 Å². The largest absolute Gasteiger partial charge is 0.478 e. The predicted octanol–water partition coefficient (Wildman–Crippen LogP) is 2.45. The minimum Gasteiger partial charge on any atom is -0.478 e. The predicted molar refractivity (Wildman–Crippen MR) is 80.3 cm³/mol. The first-order chi connectivity index (χ1) is 10.0. The maximum absolute atomic E-state index is 12.3. The van der Waals surface area contributed by atoms with Crippen molar-refractivity contribution in [3.05, 3.63) is 40.5 Å². The van der Waals surface area contributed by atoms with Crippen LogP contribution in [0.25, 0.3) is 0 Å². The van der Waals surface area contributed by atoms with Gasteiger partial charge in [0.15, 0.2) is 0 Å². The molecule has 0 aliphatic rings. The molecule has 112 valence electrons. The molecule has 0 saturated carbocycles. The highest BCUT2D eigenvalue weighted by molar-refractivity contribution is 7.16. The number of nitrogens with one attached hydrogen (secondary N) is 1. The van der Waals surface area contributed by atoms with Crippen molar-refractivity contribution in [3.63, 3.8) is 0 Å². The van der Waals surface area contributed by atoms with Crippen LogP contribution in [0.3, 0.4) is 0 Å². The molecule has 0 aliphatic carbocycles. The Kier molecular flexibility index (Phi) is 4.77. The second kappa shape index (κ2) is 6.55. The van der Waals surface area contributed by atoms with Crippen LogP contribution in [0.1, 0.15) is 25.7 Å². The first kappa shape index (κ1) is 15.3. The zero-order chi connectivity index (χ0) is 15.4. The van der Waals surface area contributed by atoms with Crippen molar-refractivity contribution in [2.24, 2.45) is 0 Å². The van der Waals surface area contributed by atoms with Gasteiger partial charge in [0.2, 0.25) is 0 Å². The number of carboxylic acid groups (broad SMARTS) is 1. The third-order valence-electron chi connectivity index (χ3n) is 2.91. The van der Waals surface area contributed by atoms with Crippen LogP contribution in [-0.4, -0.2) is 35.3 Å². The molecule has 6 nitrogen and oxygen atoms in total. The molecule has 2 aromatic rings. The average Bonchev–Trinajstić information content (AvgIpc) is 3.02. The summed E-state index contributed by atoms with van der Waals surface area (Å²) >= 11 is 1.25. The smallest absolute Gasteiger partial charge is 0.338 e. The summed E-state index contributed by atoms with van der Waals surface area (Å²) in [7, 11) is 1.59. The number of ether oxygens (including phenoxy) is 1. The van der Waals surface area contributed by atoms with Gasteiger partial charge in [-0.2, -0.15) is 0 Å². The van der Waals surface area contributed by atoms with E-state index in [1.807, 2.05) is 0 Å². The Bertz CT molecular complexity index is 660. The number of carbonyl (C=O) groups is 2. The van der Waals surface area contributed by atoms with E-state index in [9.17, 15) is 9.59 Å². The molecule has 0 fully saturated rings. The minimum absolute atomic E-state index is 0.112. The van der Waals surface area contributed by atoms with Gasteiger partial charge in [0.05, 0.1) is 12.2 Å². The maximum Gasteiger partial charge on any atom is 0.338 e. The molecule has 1 amide bonds. The number of methoxy groups -OCH3 is 1. The van der Waals surface area contributed by atoms with Gasteiger partial charge in [0.25, 0.3) is 5.91 Å². The Morgan fingerprint density at radius 1 is 1.48 bits per heavy atom. The van der Waals surface area contributed by atoms with Crippen LogP contribution >= 0.6 is 11.3 Å². The highest BCUT2D eigenvalue weighted by Gasteiger charge is 2.18. The number of hydrogen-bond acceptors (Lipinski definition) is 4. The number of aromatic nitrogens is 1. The quantitative estimate of drug-likeness (QED) is 0.859. The first-order valence-corrected chi connectivity index (χ1v) is 7.13. The van der Waals surface area contributed by atoms with Crippen molar-refractivity contribution in [3.8, 4) is 0 Å². The molecule has 2 heterocycles.